The van der Waals surface area contributed by atoms with Crippen LogP contribution >= 0.6 is 0 Å². The third-order valence-electron chi connectivity index (χ3n) is 2.62. The van der Waals surface area contributed by atoms with E-state index in [0.29, 0.717) is 11.3 Å². The lowest BCUT2D eigenvalue weighted by Gasteiger charge is -2.17. The van der Waals surface area contributed by atoms with Crippen LogP contribution in [-0.2, 0) is 4.79 Å². The lowest BCUT2D eigenvalue weighted by atomic mass is 10.1. The molecular weight excluding hydrogens is 240 g/mol. The first-order valence-electron chi connectivity index (χ1n) is 5.88. The second-order valence-electron chi connectivity index (χ2n) is 4.23. The summed E-state index contributed by atoms with van der Waals surface area (Å²) in [6, 6.07) is 5.54. The predicted octanol–water partition coefficient (Wildman–Crippen LogP) is 1.69. The average molecular weight is 256 g/mol. The lowest BCUT2D eigenvalue weighted by molar-refractivity contribution is -0.127. The van der Waals surface area contributed by atoms with E-state index in [2.05, 4.69) is 17.3 Å². The first-order chi connectivity index (χ1) is 8.99. The van der Waals surface area contributed by atoms with E-state index < -0.39 is 6.10 Å². The second-order valence-corrected chi connectivity index (χ2v) is 4.23. The first-order valence-corrected chi connectivity index (χ1v) is 5.88. The van der Waals surface area contributed by atoms with Crippen LogP contribution in [0.15, 0.2) is 12.1 Å². The Balaban J connectivity index is 2.86. The molecule has 0 saturated carbocycles. The number of hydrogen-bond acceptors (Lipinski definition) is 3. The molecule has 0 aliphatic heterocycles. The standard InChI is InChI=1S/C15H16N2O2/c1-5-6-17-15(18)12(4)19-14-10(2)7-13(9-16)8-11(14)3/h1,7-8,12H,6H2,2-4H3,(H,17,18). The lowest BCUT2D eigenvalue weighted by Crippen LogP contribution is -2.36. The second kappa shape index (κ2) is 6.47. The number of nitriles is 1. The Hall–Kier alpha value is -2.46. The third kappa shape index (κ3) is 3.76. The van der Waals surface area contributed by atoms with Crippen LogP contribution in [0.1, 0.15) is 23.6 Å². The zero-order valence-electron chi connectivity index (χ0n) is 11.3. The summed E-state index contributed by atoms with van der Waals surface area (Å²) in [5.74, 6) is 2.70. The van der Waals surface area contributed by atoms with E-state index in [9.17, 15) is 4.79 Å². The smallest absolute Gasteiger partial charge is 0.261 e. The summed E-state index contributed by atoms with van der Waals surface area (Å²) in [7, 11) is 0. The molecule has 19 heavy (non-hydrogen) atoms. The number of carbonyl (C=O) groups excluding carboxylic acids is 1. The summed E-state index contributed by atoms with van der Waals surface area (Å²) in [4.78, 5) is 11.7. The first kappa shape index (κ1) is 14.6. The van der Waals surface area contributed by atoms with Crippen molar-refractivity contribution in [3.8, 4) is 24.2 Å². The molecule has 0 aromatic heterocycles. The van der Waals surface area contributed by atoms with Crippen molar-refractivity contribution in [1.82, 2.24) is 5.32 Å². The third-order valence-corrected chi connectivity index (χ3v) is 2.62. The molecule has 1 atom stereocenters. The normalized spacial score (nSPS) is 11.0. The maximum atomic E-state index is 11.7. The summed E-state index contributed by atoms with van der Waals surface area (Å²) in [5.41, 5.74) is 2.23. The van der Waals surface area contributed by atoms with Gasteiger partial charge in [-0.15, -0.1) is 6.42 Å². The number of nitrogens with one attached hydrogen (secondary N) is 1. The number of benzene rings is 1. The molecule has 98 valence electrons. The molecular formula is C15H16N2O2. The fourth-order valence-corrected chi connectivity index (χ4v) is 1.71. The highest BCUT2D eigenvalue weighted by Crippen LogP contribution is 2.25. The van der Waals surface area contributed by atoms with Crippen LogP contribution in [0.2, 0.25) is 0 Å². The van der Waals surface area contributed by atoms with E-state index in [-0.39, 0.29) is 12.5 Å². The molecule has 0 aliphatic rings. The van der Waals surface area contributed by atoms with Crippen LogP contribution in [0, 0.1) is 37.5 Å². The van der Waals surface area contributed by atoms with Gasteiger partial charge in [-0.05, 0) is 44.0 Å². The number of carbonyl (C=O) groups is 1. The van der Waals surface area contributed by atoms with Gasteiger partial charge in [-0.2, -0.15) is 5.26 Å². The Morgan fingerprint density at radius 1 is 1.47 bits per heavy atom. The molecule has 0 fully saturated rings. The maximum Gasteiger partial charge on any atom is 0.261 e. The van der Waals surface area contributed by atoms with Gasteiger partial charge in [-0.3, -0.25) is 4.79 Å². The molecule has 4 nitrogen and oxygen atoms in total. The van der Waals surface area contributed by atoms with E-state index in [0.717, 1.165) is 11.1 Å². The molecule has 1 aromatic carbocycles. The van der Waals surface area contributed by atoms with E-state index >= 15 is 0 Å². The van der Waals surface area contributed by atoms with Gasteiger partial charge in [0.25, 0.3) is 5.91 Å². The SMILES string of the molecule is C#CCNC(=O)C(C)Oc1c(C)cc(C#N)cc1C. The molecule has 0 heterocycles. The van der Waals surface area contributed by atoms with Crippen molar-refractivity contribution in [3.05, 3.63) is 28.8 Å². The zero-order valence-corrected chi connectivity index (χ0v) is 11.3. The van der Waals surface area contributed by atoms with Crippen LogP contribution in [0.25, 0.3) is 0 Å². The van der Waals surface area contributed by atoms with Gasteiger partial charge in [-0.25, -0.2) is 0 Å². The Morgan fingerprint density at radius 2 is 2.05 bits per heavy atom. The number of amides is 1. The number of hydrogen-bond donors (Lipinski definition) is 1. The summed E-state index contributed by atoms with van der Waals surface area (Å²) >= 11 is 0. The largest absolute Gasteiger partial charge is 0.480 e. The average Bonchev–Trinajstić information content (AvgIpc) is 2.39. The van der Waals surface area contributed by atoms with Crippen LogP contribution in [-0.4, -0.2) is 18.6 Å². The minimum Gasteiger partial charge on any atom is -0.480 e. The van der Waals surface area contributed by atoms with Crippen molar-refractivity contribution in [2.24, 2.45) is 0 Å². The van der Waals surface area contributed by atoms with Crippen LogP contribution in [0.4, 0.5) is 0 Å². The Bertz CT molecular complexity index is 541. The van der Waals surface area contributed by atoms with Crippen molar-refractivity contribution >= 4 is 5.91 Å². The molecule has 1 aromatic rings. The molecule has 4 heteroatoms. The minimum atomic E-state index is -0.640. The Morgan fingerprint density at radius 3 is 2.53 bits per heavy atom. The van der Waals surface area contributed by atoms with Gasteiger partial charge >= 0.3 is 0 Å². The number of ether oxygens (including phenoxy) is 1. The Labute approximate surface area is 113 Å². The fraction of sp³-hybridized carbons (Fsp3) is 0.333. The van der Waals surface area contributed by atoms with Crippen molar-refractivity contribution < 1.29 is 9.53 Å². The molecule has 0 saturated heterocycles. The van der Waals surface area contributed by atoms with Crippen molar-refractivity contribution in [2.75, 3.05) is 6.54 Å². The van der Waals surface area contributed by atoms with Crippen LogP contribution in [0.5, 0.6) is 5.75 Å². The van der Waals surface area contributed by atoms with Crippen molar-refractivity contribution in [3.63, 3.8) is 0 Å². The summed E-state index contributed by atoms with van der Waals surface area (Å²) in [6.45, 7) is 5.52. The minimum absolute atomic E-state index is 0.178. The van der Waals surface area contributed by atoms with Crippen LogP contribution < -0.4 is 10.1 Å². The van der Waals surface area contributed by atoms with Gasteiger partial charge in [0.2, 0.25) is 0 Å². The van der Waals surface area contributed by atoms with Gasteiger partial charge < -0.3 is 10.1 Å². The van der Waals surface area contributed by atoms with E-state index in [1.165, 1.54) is 0 Å². The maximum absolute atomic E-state index is 11.7. The highest BCUT2D eigenvalue weighted by molar-refractivity contribution is 5.81. The molecule has 1 amide bonds. The number of aryl methyl sites for hydroxylation is 2. The van der Waals surface area contributed by atoms with E-state index in [1.807, 2.05) is 13.8 Å². The van der Waals surface area contributed by atoms with Crippen molar-refractivity contribution in [1.29, 1.82) is 5.26 Å². The number of rotatable bonds is 4. The molecule has 1 unspecified atom stereocenters. The molecule has 1 N–H and O–H groups in total. The molecule has 1 rings (SSSR count). The number of nitrogens with zero attached hydrogens (tertiary/aromatic N) is 1. The molecule has 0 spiro atoms. The highest BCUT2D eigenvalue weighted by atomic mass is 16.5. The quantitative estimate of drug-likeness (QED) is 0.834. The molecule has 0 radical (unpaired) electrons. The van der Waals surface area contributed by atoms with Crippen LogP contribution in [0.3, 0.4) is 0 Å². The van der Waals surface area contributed by atoms with E-state index in [4.69, 9.17) is 16.4 Å². The summed E-state index contributed by atoms with van der Waals surface area (Å²) in [6.07, 6.45) is 4.43. The highest BCUT2D eigenvalue weighted by Gasteiger charge is 2.16. The summed E-state index contributed by atoms with van der Waals surface area (Å²) in [5, 5.41) is 11.4. The van der Waals surface area contributed by atoms with Crippen molar-refractivity contribution in [2.45, 2.75) is 26.9 Å². The predicted molar refractivity (Wildman–Crippen MR) is 72.6 cm³/mol. The number of terminal acetylenes is 1. The topological polar surface area (TPSA) is 62.1 Å². The van der Waals surface area contributed by atoms with Gasteiger partial charge in [0.05, 0.1) is 18.2 Å². The van der Waals surface area contributed by atoms with Gasteiger partial charge in [0.15, 0.2) is 6.10 Å². The van der Waals surface area contributed by atoms with Gasteiger partial charge in [0, 0.05) is 0 Å². The monoisotopic (exact) mass is 256 g/mol. The van der Waals surface area contributed by atoms with Gasteiger partial charge in [-0.1, -0.05) is 5.92 Å². The summed E-state index contributed by atoms with van der Waals surface area (Å²) < 4.78 is 5.64. The molecule has 0 aliphatic carbocycles. The van der Waals surface area contributed by atoms with Gasteiger partial charge in [0.1, 0.15) is 5.75 Å². The fourth-order valence-electron chi connectivity index (χ4n) is 1.71. The van der Waals surface area contributed by atoms with E-state index in [1.54, 1.807) is 19.1 Å². The Kier molecular flexibility index (Phi) is 4.97. The molecule has 0 bridgehead atoms. The zero-order chi connectivity index (χ0) is 14.4.